The Kier molecular flexibility index (Phi) is 3.90. The molecule has 1 aliphatic carbocycles. The van der Waals surface area contributed by atoms with Crippen molar-refractivity contribution in [2.75, 3.05) is 6.61 Å². The highest BCUT2D eigenvalue weighted by atomic mass is 16.5. The SMILES string of the molecule is CC(C)c1ccc(C(=O)O)c(OCC2CCC2)c1. The first-order valence-corrected chi connectivity index (χ1v) is 6.58. The van der Waals surface area contributed by atoms with Gasteiger partial charge in [-0.1, -0.05) is 26.3 Å². The first-order valence-electron chi connectivity index (χ1n) is 6.58. The number of carbonyl (C=O) groups is 1. The van der Waals surface area contributed by atoms with Crippen LogP contribution in [0.15, 0.2) is 18.2 Å². The lowest BCUT2D eigenvalue weighted by molar-refractivity contribution is 0.0689. The number of carboxylic acid groups (broad SMARTS) is 1. The normalized spacial score (nSPS) is 15.5. The minimum absolute atomic E-state index is 0.263. The first-order chi connectivity index (χ1) is 8.58. The molecule has 0 aromatic heterocycles. The lowest BCUT2D eigenvalue weighted by atomic mass is 9.86. The van der Waals surface area contributed by atoms with Crippen LogP contribution in [-0.4, -0.2) is 17.7 Å². The van der Waals surface area contributed by atoms with E-state index in [4.69, 9.17) is 9.84 Å². The summed E-state index contributed by atoms with van der Waals surface area (Å²) in [4.78, 5) is 11.2. The fraction of sp³-hybridized carbons (Fsp3) is 0.533. The van der Waals surface area contributed by atoms with E-state index in [1.807, 2.05) is 12.1 Å². The van der Waals surface area contributed by atoms with Gasteiger partial charge in [-0.15, -0.1) is 0 Å². The van der Waals surface area contributed by atoms with E-state index in [1.54, 1.807) is 6.07 Å². The van der Waals surface area contributed by atoms with Crippen molar-refractivity contribution >= 4 is 5.97 Å². The van der Waals surface area contributed by atoms with Crippen LogP contribution in [0.3, 0.4) is 0 Å². The van der Waals surface area contributed by atoms with Crippen molar-refractivity contribution in [2.24, 2.45) is 5.92 Å². The predicted octanol–water partition coefficient (Wildman–Crippen LogP) is 3.69. The third-order valence-corrected chi connectivity index (χ3v) is 3.60. The summed E-state index contributed by atoms with van der Waals surface area (Å²) >= 11 is 0. The Morgan fingerprint density at radius 2 is 2.17 bits per heavy atom. The Morgan fingerprint density at radius 3 is 2.67 bits per heavy atom. The summed E-state index contributed by atoms with van der Waals surface area (Å²) in [5.41, 5.74) is 1.38. The number of benzene rings is 1. The summed E-state index contributed by atoms with van der Waals surface area (Å²) < 4.78 is 5.71. The number of hydrogen-bond donors (Lipinski definition) is 1. The molecule has 0 unspecified atom stereocenters. The molecule has 0 amide bonds. The highest BCUT2D eigenvalue weighted by molar-refractivity contribution is 5.91. The van der Waals surface area contributed by atoms with Crippen molar-refractivity contribution in [3.8, 4) is 5.75 Å². The van der Waals surface area contributed by atoms with Crippen molar-refractivity contribution in [3.63, 3.8) is 0 Å². The number of carboxylic acids is 1. The van der Waals surface area contributed by atoms with Crippen molar-refractivity contribution in [1.29, 1.82) is 0 Å². The molecule has 0 bridgehead atoms. The molecule has 1 aliphatic rings. The highest BCUT2D eigenvalue weighted by Gasteiger charge is 2.20. The molecular formula is C15H20O3. The smallest absolute Gasteiger partial charge is 0.339 e. The van der Waals surface area contributed by atoms with Gasteiger partial charge < -0.3 is 9.84 Å². The molecular weight excluding hydrogens is 228 g/mol. The van der Waals surface area contributed by atoms with Gasteiger partial charge >= 0.3 is 5.97 Å². The summed E-state index contributed by atoms with van der Waals surface area (Å²) in [6.45, 7) is 4.82. The van der Waals surface area contributed by atoms with Crippen LogP contribution >= 0.6 is 0 Å². The summed E-state index contributed by atoms with van der Waals surface area (Å²) in [5, 5.41) is 9.15. The maximum atomic E-state index is 11.2. The van der Waals surface area contributed by atoms with Crippen LogP contribution in [0.25, 0.3) is 0 Å². The van der Waals surface area contributed by atoms with Crippen molar-refractivity contribution in [2.45, 2.75) is 39.0 Å². The quantitative estimate of drug-likeness (QED) is 0.864. The minimum atomic E-state index is -0.922. The van der Waals surface area contributed by atoms with Gasteiger partial charge in [-0.3, -0.25) is 0 Å². The fourth-order valence-electron chi connectivity index (χ4n) is 2.06. The van der Waals surface area contributed by atoms with E-state index in [2.05, 4.69) is 13.8 Å². The molecule has 0 atom stereocenters. The average molecular weight is 248 g/mol. The number of hydrogen-bond acceptors (Lipinski definition) is 2. The molecule has 2 rings (SSSR count). The minimum Gasteiger partial charge on any atom is -0.492 e. The fourth-order valence-corrected chi connectivity index (χ4v) is 2.06. The van der Waals surface area contributed by atoms with Gasteiger partial charge in [-0.2, -0.15) is 0 Å². The molecule has 0 heterocycles. The molecule has 0 saturated heterocycles. The van der Waals surface area contributed by atoms with E-state index >= 15 is 0 Å². The molecule has 1 aromatic rings. The lowest BCUT2D eigenvalue weighted by Gasteiger charge is -2.25. The van der Waals surface area contributed by atoms with Gasteiger partial charge in [-0.25, -0.2) is 4.79 Å². The van der Waals surface area contributed by atoms with Crippen molar-refractivity contribution < 1.29 is 14.6 Å². The number of rotatable bonds is 5. The monoisotopic (exact) mass is 248 g/mol. The second-order valence-corrected chi connectivity index (χ2v) is 5.32. The summed E-state index contributed by atoms with van der Waals surface area (Å²) in [5.74, 6) is 0.572. The maximum absolute atomic E-state index is 11.2. The Bertz CT molecular complexity index is 433. The van der Waals surface area contributed by atoms with Crippen LogP contribution in [0.4, 0.5) is 0 Å². The Labute approximate surface area is 108 Å². The van der Waals surface area contributed by atoms with E-state index in [0.717, 1.165) is 5.56 Å². The summed E-state index contributed by atoms with van der Waals surface area (Å²) in [6, 6.07) is 5.38. The molecule has 0 radical (unpaired) electrons. The molecule has 1 aromatic carbocycles. The van der Waals surface area contributed by atoms with E-state index in [0.29, 0.717) is 24.2 Å². The lowest BCUT2D eigenvalue weighted by Crippen LogP contribution is -2.20. The van der Waals surface area contributed by atoms with E-state index in [9.17, 15) is 4.79 Å². The topological polar surface area (TPSA) is 46.5 Å². The molecule has 3 heteroatoms. The molecule has 1 fully saturated rings. The zero-order valence-corrected chi connectivity index (χ0v) is 11.0. The standard InChI is InChI=1S/C15H20O3/c1-10(2)12-6-7-13(15(16)17)14(8-12)18-9-11-4-3-5-11/h6-8,10-11H,3-5,9H2,1-2H3,(H,16,17). The van der Waals surface area contributed by atoms with Crippen molar-refractivity contribution in [3.05, 3.63) is 29.3 Å². The zero-order chi connectivity index (χ0) is 13.1. The van der Waals surface area contributed by atoms with Gasteiger partial charge in [0.05, 0.1) is 6.61 Å². The third kappa shape index (κ3) is 2.84. The van der Waals surface area contributed by atoms with E-state index < -0.39 is 5.97 Å². The van der Waals surface area contributed by atoms with Gasteiger partial charge in [0.1, 0.15) is 11.3 Å². The van der Waals surface area contributed by atoms with Crippen LogP contribution in [0, 0.1) is 5.92 Å². The summed E-state index contributed by atoms with van der Waals surface area (Å²) in [7, 11) is 0. The van der Waals surface area contributed by atoms with E-state index in [1.165, 1.54) is 19.3 Å². The largest absolute Gasteiger partial charge is 0.492 e. The molecule has 1 N–H and O–H groups in total. The molecule has 0 spiro atoms. The zero-order valence-electron chi connectivity index (χ0n) is 11.0. The Hall–Kier alpha value is -1.51. The van der Waals surface area contributed by atoms with Crippen LogP contribution in [-0.2, 0) is 0 Å². The van der Waals surface area contributed by atoms with Crippen LogP contribution in [0.5, 0.6) is 5.75 Å². The molecule has 1 saturated carbocycles. The second kappa shape index (κ2) is 5.42. The van der Waals surface area contributed by atoms with E-state index in [-0.39, 0.29) is 5.56 Å². The molecule has 18 heavy (non-hydrogen) atoms. The van der Waals surface area contributed by atoms with Crippen LogP contribution in [0.1, 0.15) is 54.9 Å². The van der Waals surface area contributed by atoms with Crippen molar-refractivity contribution in [1.82, 2.24) is 0 Å². The molecule has 98 valence electrons. The number of aromatic carboxylic acids is 1. The van der Waals surface area contributed by atoms with Gasteiger partial charge in [0.2, 0.25) is 0 Å². The maximum Gasteiger partial charge on any atom is 0.339 e. The molecule has 0 aliphatic heterocycles. The van der Waals surface area contributed by atoms with Crippen LogP contribution < -0.4 is 4.74 Å². The second-order valence-electron chi connectivity index (χ2n) is 5.32. The Morgan fingerprint density at radius 1 is 1.44 bits per heavy atom. The van der Waals surface area contributed by atoms with Crippen LogP contribution in [0.2, 0.25) is 0 Å². The van der Waals surface area contributed by atoms with Gasteiger partial charge in [0.25, 0.3) is 0 Å². The number of ether oxygens (including phenoxy) is 1. The highest BCUT2D eigenvalue weighted by Crippen LogP contribution is 2.29. The Balaban J connectivity index is 2.16. The summed E-state index contributed by atoms with van der Waals surface area (Å²) in [6.07, 6.45) is 3.67. The first kappa shape index (κ1) is 12.9. The van der Waals surface area contributed by atoms with Gasteiger partial charge in [0, 0.05) is 0 Å². The molecule has 3 nitrogen and oxygen atoms in total. The van der Waals surface area contributed by atoms with Gasteiger partial charge in [0.15, 0.2) is 0 Å². The van der Waals surface area contributed by atoms with Gasteiger partial charge in [-0.05, 0) is 42.4 Å². The average Bonchev–Trinajstić information content (AvgIpc) is 2.26. The predicted molar refractivity (Wildman–Crippen MR) is 70.3 cm³/mol. The third-order valence-electron chi connectivity index (χ3n) is 3.60.